The maximum Gasteiger partial charge on any atom is 0.294 e. The maximum absolute atomic E-state index is 11.6. The molecule has 0 aromatic rings. The van der Waals surface area contributed by atoms with Gasteiger partial charge in [-0.15, -0.1) is 0 Å². The molecule has 9 nitrogen and oxygen atoms in total. The van der Waals surface area contributed by atoms with Crippen molar-refractivity contribution in [2.45, 2.75) is 12.2 Å². The van der Waals surface area contributed by atoms with Crippen molar-refractivity contribution >= 4 is 30.4 Å². The molecule has 0 aliphatic heterocycles. The predicted molar refractivity (Wildman–Crippen MR) is 79.9 cm³/mol. The molecule has 2 atom stereocenters. The normalized spacial score (nSPS) is 25.7. The van der Waals surface area contributed by atoms with Crippen molar-refractivity contribution in [1.82, 2.24) is 0 Å². The quantitative estimate of drug-likeness (QED) is 0.581. The molecule has 0 amide bonds. The topological polar surface area (TPSA) is 163 Å². The van der Waals surface area contributed by atoms with Crippen LogP contribution >= 0.6 is 0 Å². The van der Waals surface area contributed by atoms with Crippen molar-refractivity contribution < 1.29 is 38.9 Å². The first kappa shape index (κ1) is 18.0. The summed E-state index contributed by atoms with van der Waals surface area (Å²) < 4.78 is 96.3. The second kappa shape index (κ2) is 5.36. The fourth-order valence-electron chi connectivity index (χ4n) is 2.52. The Bertz CT molecular complexity index is 989. The van der Waals surface area contributed by atoms with Crippen LogP contribution in [-0.2, 0) is 30.4 Å². The highest BCUT2D eigenvalue weighted by Crippen LogP contribution is 2.42. The van der Waals surface area contributed by atoms with Gasteiger partial charge in [0, 0.05) is 5.92 Å². The van der Waals surface area contributed by atoms with Crippen LogP contribution in [0, 0.1) is 5.92 Å². The molecule has 1 unspecified atom stereocenters. The predicted octanol–water partition coefficient (Wildman–Crippen LogP) is 0.302. The van der Waals surface area contributed by atoms with Crippen molar-refractivity contribution in [3.8, 4) is 0 Å². The summed E-state index contributed by atoms with van der Waals surface area (Å²) in [6.07, 6.45) is 3.57. The van der Waals surface area contributed by atoms with E-state index >= 15 is 0 Å². The van der Waals surface area contributed by atoms with Gasteiger partial charge in [0.05, 0.1) is 9.81 Å². The van der Waals surface area contributed by atoms with Gasteiger partial charge in [-0.05, 0) is 30.7 Å². The average Bonchev–Trinajstić information content (AvgIpc) is 2.34. The standard InChI is InChI=1S/C11H12O9S3/c1-6-2-3-9(22(15,16)17)8-4-7(21(12,13)14)5-10(11(6)8)23(18,19)20/h2-5,10-11H,1H3,(H,12,13,14)(H,15,16,17)(H,18,19,20)/t10-,11?/m1/s1. The second-order valence-corrected chi connectivity index (χ2v) is 9.40. The fourth-order valence-corrected chi connectivity index (χ4v) is 4.94. The number of fused-ring (bicyclic) bond motifs is 1. The zero-order valence-corrected chi connectivity index (χ0v) is 13.9. The van der Waals surface area contributed by atoms with Gasteiger partial charge in [-0.1, -0.05) is 11.6 Å². The fraction of sp³-hybridized carbons (Fsp3) is 0.273. The third kappa shape index (κ3) is 3.46. The Morgan fingerprint density at radius 3 is 1.91 bits per heavy atom. The van der Waals surface area contributed by atoms with E-state index in [1.807, 2.05) is 0 Å². The van der Waals surface area contributed by atoms with E-state index in [2.05, 4.69) is 0 Å². The molecule has 128 valence electrons. The Morgan fingerprint density at radius 2 is 1.48 bits per heavy atom. The molecule has 12 heteroatoms. The van der Waals surface area contributed by atoms with Gasteiger partial charge in [-0.2, -0.15) is 25.3 Å². The lowest BCUT2D eigenvalue weighted by Crippen LogP contribution is -2.35. The molecular weight excluding hydrogens is 372 g/mol. The third-order valence-corrected chi connectivity index (χ3v) is 6.36. The van der Waals surface area contributed by atoms with Gasteiger partial charge < -0.3 is 0 Å². The summed E-state index contributed by atoms with van der Waals surface area (Å²) in [4.78, 5) is -1.60. The highest BCUT2D eigenvalue weighted by molar-refractivity contribution is 7.90. The van der Waals surface area contributed by atoms with Crippen LogP contribution < -0.4 is 0 Å². The Balaban J connectivity index is 2.83. The van der Waals surface area contributed by atoms with Gasteiger partial charge in [0.15, 0.2) is 0 Å². The molecule has 2 aliphatic carbocycles. The maximum atomic E-state index is 11.6. The summed E-state index contributed by atoms with van der Waals surface area (Å²) >= 11 is 0. The summed E-state index contributed by atoms with van der Waals surface area (Å²) in [5.74, 6) is -1.22. The van der Waals surface area contributed by atoms with E-state index in [-0.39, 0.29) is 5.57 Å². The average molecular weight is 384 g/mol. The SMILES string of the molecule is CC1=CC=C(S(=O)(=O)O)C2=CC(S(=O)(=O)O)=C[C@@H](S(=O)(=O)O)C12. The summed E-state index contributed by atoms with van der Waals surface area (Å²) in [7, 11) is -14.5. The van der Waals surface area contributed by atoms with E-state index in [1.54, 1.807) is 0 Å². The molecule has 0 saturated heterocycles. The van der Waals surface area contributed by atoms with E-state index < -0.39 is 51.3 Å². The lowest BCUT2D eigenvalue weighted by atomic mass is 9.82. The van der Waals surface area contributed by atoms with E-state index in [0.717, 1.165) is 12.2 Å². The van der Waals surface area contributed by atoms with Crippen LogP contribution in [0.3, 0.4) is 0 Å². The van der Waals surface area contributed by atoms with Crippen LogP contribution in [-0.4, -0.2) is 44.2 Å². The summed E-state index contributed by atoms with van der Waals surface area (Å²) in [6, 6.07) is 0. The second-order valence-electron chi connectivity index (χ2n) is 5.02. The van der Waals surface area contributed by atoms with Gasteiger partial charge >= 0.3 is 0 Å². The van der Waals surface area contributed by atoms with Crippen LogP contribution in [0.1, 0.15) is 6.92 Å². The largest absolute Gasteiger partial charge is 0.294 e. The summed E-state index contributed by atoms with van der Waals surface area (Å²) in [5.41, 5.74) is -0.0397. The Kier molecular flexibility index (Phi) is 4.20. The van der Waals surface area contributed by atoms with E-state index in [0.29, 0.717) is 11.6 Å². The van der Waals surface area contributed by atoms with Crippen molar-refractivity contribution in [2.75, 3.05) is 0 Å². The first-order valence-electron chi connectivity index (χ1n) is 5.96. The number of allylic oxidation sites excluding steroid dienone is 5. The lowest BCUT2D eigenvalue weighted by Gasteiger charge is -2.32. The lowest BCUT2D eigenvalue weighted by molar-refractivity contribution is 0.461. The molecule has 2 aliphatic rings. The highest BCUT2D eigenvalue weighted by atomic mass is 32.2. The van der Waals surface area contributed by atoms with Gasteiger partial charge in [-0.3, -0.25) is 13.7 Å². The van der Waals surface area contributed by atoms with E-state index in [9.17, 15) is 34.4 Å². The zero-order valence-electron chi connectivity index (χ0n) is 11.5. The molecule has 3 N–H and O–H groups in total. The van der Waals surface area contributed by atoms with Crippen LogP contribution in [0.25, 0.3) is 0 Å². The van der Waals surface area contributed by atoms with E-state index in [1.165, 1.54) is 13.0 Å². The third-order valence-electron chi connectivity index (χ3n) is 3.48. The molecule has 0 aromatic heterocycles. The molecule has 23 heavy (non-hydrogen) atoms. The van der Waals surface area contributed by atoms with Crippen molar-refractivity contribution in [3.63, 3.8) is 0 Å². The smallest absolute Gasteiger partial charge is 0.285 e. The molecule has 0 fully saturated rings. The van der Waals surface area contributed by atoms with Crippen molar-refractivity contribution in [1.29, 1.82) is 0 Å². The van der Waals surface area contributed by atoms with Crippen LogP contribution in [0.4, 0.5) is 0 Å². The molecule has 0 aromatic carbocycles. The Labute approximate surface area is 133 Å². The van der Waals surface area contributed by atoms with Gasteiger partial charge in [-0.25, -0.2) is 0 Å². The van der Waals surface area contributed by atoms with Gasteiger partial charge in [0.2, 0.25) is 0 Å². The van der Waals surface area contributed by atoms with Gasteiger partial charge in [0.25, 0.3) is 30.4 Å². The van der Waals surface area contributed by atoms with E-state index in [4.69, 9.17) is 4.55 Å². The Hall–Kier alpha value is -1.31. The zero-order chi connectivity index (χ0) is 17.8. The molecule has 0 spiro atoms. The molecule has 0 saturated carbocycles. The van der Waals surface area contributed by atoms with Crippen LogP contribution in [0.15, 0.2) is 45.3 Å². The minimum atomic E-state index is -4.87. The number of hydrogen-bond acceptors (Lipinski definition) is 6. The summed E-state index contributed by atoms with van der Waals surface area (Å²) in [5, 5.41) is -1.83. The monoisotopic (exact) mass is 384 g/mol. The molecule has 0 heterocycles. The molecule has 0 radical (unpaired) electrons. The Morgan fingerprint density at radius 1 is 0.913 bits per heavy atom. The van der Waals surface area contributed by atoms with Crippen molar-refractivity contribution in [2.24, 2.45) is 5.92 Å². The number of rotatable bonds is 3. The molecular formula is C11H12O9S3. The first-order chi connectivity index (χ1) is 10.2. The minimum absolute atomic E-state index is 0.317. The minimum Gasteiger partial charge on any atom is -0.285 e. The summed E-state index contributed by atoms with van der Waals surface area (Å²) in [6.45, 7) is 1.44. The van der Waals surface area contributed by atoms with Crippen LogP contribution in [0.5, 0.6) is 0 Å². The molecule has 2 rings (SSSR count). The molecule has 0 bridgehead atoms. The first-order valence-corrected chi connectivity index (χ1v) is 10.3. The highest BCUT2D eigenvalue weighted by Gasteiger charge is 2.42. The van der Waals surface area contributed by atoms with Crippen LogP contribution in [0.2, 0.25) is 0 Å². The number of hydrogen-bond donors (Lipinski definition) is 3. The van der Waals surface area contributed by atoms with Crippen molar-refractivity contribution in [3.05, 3.63) is 45.3 Å². The van der Waals surface area contributed by atoms with Gasteiger partial charge in [0.1, 0.15) is 5.25 Å².